The van der Waals surface area contributed by atoms with Gasteiger partial charge in [0.25, 0.3) is 0 Å². The van der Waals surface area contributed by atoms with E-state index < -0.39 is 0 Å². The van der Waals surface area contributed by atoms with Gasteiger partial charge in [0.1, 0.15) is 6.10 Å². The predicted molar refractivity (Wildman–Crippen MR) is 77.3 cm³/mol. The lowest BCUT2D eigenvalue weighted by atomic mass is 10.1. The Morgan fingerprint density at radius 1 is 1.32 bits per heavy atom. The second-order valence-corrected chi connectivity index (χ2v) is 5.39. The number of ether oxygens (including phenoxy) is 1. The van der Waals surface area contributed by atoms with Crippen LogP contribution in [-0.4, -0.2) is 17.6 Å². The van der Waals surface area contributed by atoms with Crippen molar-refractivity contribution < 1.29 is 4.74 Å². The highest BCUT2D eigenvalue weighted by Gasteiger charge is 2.28. The highest BCUT2D eigenvalue weighted by atomic mass is 16.5. The Morgan fingerprint density at radius 2 is 2.16 bits per heavy atom. The number of para-hydroxylation sites is 1. The smallest absolute Gasteiger partial charge is 0.217 e. The molecule has 1 aromatic heterocycles. The molecule has 0 bridgehead atoms. The third kappa shape index (κ3) is 2.43. The minimum Gasteiger partial charge on any atom is -0.474 e. The molecule has 1 saturated carbocycles. The fraction of sp³-hybridized carbons (Fsp3) is 0.438. The van der Waals surface area contributed by atoms with Crippen LogP contribution in [0.25, 0.3) is 10.9 Å². The number of hydrogen-bond acceptors (Lipinski definition) is 3. The molecule has 100 valence electrons. The van der Waals surface area contributed by atoms with E-state index in [0.717, 1.165) is 28.8 Å². The van der Waals surface area contributed by atoms with Crippen LogP contribution in [0.4, 0.5) is 0 Å². The van der Waals surface area contributed by atoms with Gasteiger partial charge in [0, 0.05) is 16.9 Å². The minimum absolute atomic E-state index is 0.234. The van der Waals surface area contributed by atoms with Gasteiger partial charge in [-0.1, -0.05) is 18.2 Å². The average molecular weight is 256 g/mol. The molecular formula is C16H20N2O. The molecule has 0 saturated heterocycles. The van der Waals surface area contributed by atoms with Gasteiger partial charge in [-0.05, 0) is 44.9 Å². The number of benzene rings is 1. The summed E-state index contributed by atoms with van der Waals surface area (Å²) in [6.45, 7) is 2.76. The van der Waals surface area contributed by atoms with Crippen molar-refractivity contribution >= 4 is 10.9 Å². The van der Waals surface area contributed by atoms with E-state index in [0.29, 0.717) is 12.5 Å². The summed E-state index contributed by atoms with van der Waals surface area (Å²) in [5.41, 5.74) is 7.90. The normalized spacial score (nSPS) is 22.8. The summed E-state index contributed by atoms with van der Waals surface area (Å²) in [5, 5.41) is 1.16. The molecular weight excluding hydrogens is 236 g/mol. The number of nitrogens with two attached hydrogens (primary N) is 1. The zero-order valence-electron chi connectivity index (χ0n) is 11.3. The molecule has 19 heavy (non-hydrogen) atoms. The van der Waals surface area contributed by atoms with Gasteiger partial charge in [0.05, 0.1) is 5.52 Å². The number of hydrogen-bond donors (Lipinski definition) is 1. The molecule has 1 aromatic carbocycles. The highest BCUT2D eigenvalue weighted by molar-refractivity contribution is 5.79. The molecule has 0 radical (unpaired) electrons. The summed E-state index contributed by atoms with van der Waals surface area (Å²) in [7, 11) is 0. The monoisotopic (exact) mass is 256 g/mol. The standard InChI is InChI=1S/C16H20N2O/c1-11-9-12-5-2-3-7-14(12)18-16(11)19-15-8-4-6-13(15)10-17/h2-3,5,7,9,13,15H,4,6,8,10,17H2,1H3. The average Bonchev–Trinajstić information content (AvgIpc) is 2.87. The second kappa shape index (κ2) is 5.17. The number of pyridine rings is 1. The largest absolute Gasteiger partial charge is 0.474 e. The molecule has 0 amide bonds. The summed E-state index contributed by atoms with van der Waals surface area (Å²) in [6.07, 6.45) is 3.71. The van der Waals surface area contributed by atoms with Crippen LogP contribution in [0.5, 0.6) is 5.88 Å². The molecule has 2 aromatic rings. The van der Waals surface area contributed by atoms with Gasteiger partial charge in [-0.15, -0.1) is 0 Å². The lowest BCUT2D eigenvalue weighted by molar-refractivity contribution is 0.155. The Hall–Kier alpha value is -1.61. The molecule has 2 N–H and O–H groups in total. The Labute approximate surface area is 113 Å². The Bertz CT molecular complexity index is 582. The molecule has 2 unspecified atom stereocenters. The zero-order chi connectivity index (χ0) is 13.2. The lowest BCUT2D eigenvalue weighted by Crippen LogP contribution is -2.28. The van der Waals surface area contributed by atoms with Crippen molar-refractivity contribution in [1.29, 1.82) is 0 Å². The molecule has 1 fully saturated rings. The fourth-order valence-electron chi connectivity index (χ4n) is 2.89. The van der Waals surface area contributed by atoms with Crippen molar-refractivity contribution in [3.63, 3.8) is 0 Å². The third-order valence-electron chi connectivity index (χ3n) is 4.02. The fourth-order valence-corrected chi connectivity index (χ4v) is 2.89. The van der Waals surface area contributed by atoms with Crippen LogP contribution in [0, 0.1) is 12.8 Å². The Balaban J connectivity index is 1.90. The van der Waals surface area contributed by atoms with E-state index in [1.807, 2.05) is 18.2 Å². The van der Waals surface area contributed by atoms with Gasteiger partial charge in [-0.3, -0.25) is 0 Å². The third-order valence-corrected chi connectivity index (χ3v) is 4.02. The van der Waals surface area contributed by atoms with Crippen LogP contribution in [0.2, 0.25) is 0 Å². The van der Waals surface area contributed by atoms with Gasteiger partial charge in [0.2, 0.25) is 5.88 Å². The van der Waals surface area contributed by atoms with Crippen molar-refractivity contribution in [3.05, 3.63) is 35.9 Å². The van der Waals surface area contributed by atoms with Crippen LogP contribution in [-0.2, 0) is 0 Å². The lowest BCUT2D eigenvalue weighted by Gasteiger charge is -2.20. The summed E-state index contributed by atoms with van der Waals surface area (Å²) in [4.78, 5) is 4.64. The first-order chi connectivity index (χ1) is 9.28. The van der Waals surface area contributed by atoms with Crippen molar-refractivity contribution in [1.82, 2.24) is 4.98 Å². The first-order valence-corrected chi connectivity index (χ1v) is 7.01. The van der Waals surface area contributed by atoms with Crippen LogP contribution >= 0.6 is 0 Å². The maximum Gasteiger partial charge on any atom is 0.217 e. The van der Waals surface area contributed by atoms with E-state index in [1.54, 1.807) is 0 Å². The van der Waals surface area contributed by atoms with Crippen LogP contribution < -0.4 is 10.5 Å². The van der Waals surface area contributed by atoms with E-state index in [-0.39, 0.29) is 6.10 Å². The molecule has 1 heterocycles. The van der Waals surface area contributed by atoms with Gasteiger partial charge in [-0.25, -0.2) is 4.98 Å². The first kappa shape index (κ1) is 12.4. The van der Waals surface area contributed by atoms with Crippen molar-refractivity contribution in [3.8, 4) is 5.88 Å². The summed E-state index contributed by atoms with van der Waals surface area (Å²) >= 11 is 0. The second-order valence-electron chi connectivity index (χ2n) is 5.39. The van der Waals surface area contributed by atoms with Crippen molar-refractivity contribution in [2.45, 2.75) is 32.3 Å². The summed E-state index contributed by atoms with van der Waals surface area (Å²) in [6, 6.07) is 10.3. The van der Waals surface area contributed by atoms with E-state index in [9.17, 15) is 0 Å². The number of aryl methyl sites for hydroxylation is 1. The Kier molecular flexibility index (Phi) is 3.38. The highest BCUT2D eigenvalue weighted by Crippen LogP contribution is 2.30. The van der Waals surface area contributed by atoms with Crippen LogP contribution in [0.15, 0.2) is 30.3 Å². The molecule has 3 heteroatoms. The van der Waals surface area contributed by atoms with Gasteiger partial charge in [0.15, 0.2) is 0 Å². The van der Waals surface area contributed by atoms with Crippen molar-refractivity contribution in [2.75, 3.05) is 6.54 Å². The molecule has 0 aliphatic heterocycles. The number of aromatic nitrogens is 1. The molecule has 1 aliphatic carbocycles. The molecule has 0 spiro atoms. The molecule has 3 rings (SSSR count). The predicted octanol–water partition coefficient (Wildman–Crippen LogP) is 3.05. The zero-order valence-corrected chi connectivity index (χ0v) is 11.3. The molecule has 3 nitrogen and oxygen atoms in total. The summed E-state index contributed by atoms with van der Waals surface area (Å²) in [5.74, 6) is 1.25. The minimum atomic E-state index is 0.234. The van der Waals surface area contributed by atoms with Gasteiger partial charge < -0.3 is 10.5 Å². The van der Waals surface area contributed by atoms with Gasteiger partial charge >= 0.3 is 0 Å². The number of rotatable bonds is 3. The first-order valence-electron chi connectivity index (χ1n) is 7.01. The molecule has 1 aliphatic rings. The van der Waals surface area contributed by atoms with Crippen LogP contribution in [0.1, 0.15) is 24.8 Å². The number of nitrogens with zero attached hydrogens (tertiary/aromatic N) is 1. The van der Waals surface area contributed by atoms with Crippen LogP contribution in [0.3, 0.4) is 0 Å². The maximum absolute atomic E-state index is 6.13. The van der Waals surface area contributed by atoms with Crippen molar-refractivity contribution in [2.24, 2.45) is 11.7 Å². The summed E-state index contributed by atoms with van der Waals surface area (Å²) < 4.78 is 6.13. The Morgan fingerprint density at radius 3 is 3.00 bits per heavy atom. The SMILES string of the molecule is Cc1cc2ccccc2nc1OC1CCCC1CN. The molecule has 2 atom stereocenters. The number of fused-ring (bicyclic) bond motifs is 1. The van der Waals surface area contributed by atoms with E-state index in [1.165, 1.54) is 12.8 Å². The van der Waals surface area contributed by atoms with E-state index in [4.69, 9.17) is 10.5 Å². The van der Waals surface area contributed by atoms with E-state index in [2.05, 4.69) is 24.0 Å². The quantitative estimate of drug-likeness (QED) is 0.918. The van der Waals surface area contributed by atoms with Gasteiger partial charge in [-0.2, -0.15) is 0 Å². The maximum atomic E-state index is 6.13. The van der Waals surface area contributed by atoms with E-state index >= 15 is 0 Å². The topological polar surface area (TPSA) is 48.1 Å².